The molecule has 3 aliphatic rings. The number of piperidine rings is 1. The highest BCUT2D eigenvalue weighted by molar-refractivity contribution is 6.31. The second-order valence-corrected chi connectivity index (χ2v) is 16.8. The molecule has 3 aromatic rings. The number of benzene rings is 2. The van der Waals surface area contributed by atoms with Gasteiger partial charge in [-0.2, -0.15) is 5.26 Å². The zero-order valence-corrected chi connectivity index (χ0v) is 34.1. The SMILES string of the molecule is CN(C(=O)c1ccc(OCCCCCN2CCN(c3ccc(C(=O)NC4C(C)(C)C(Oc5ccc(C#N)c(Cl)c5)C4(C)C)cn3)CC2)cc1)C1CCC(=O)NC1=O. The molecule has 2 aliphatic heterocycles. The van der Waals surface area contributed by atoms with Gasteiger partial charge in [-0.25, -0.2) is 4.98 Å². The maximum atomic E-state index is 13.4. The van der Waals surface area contributed by atoms with Crippen LogP contribution in [0.1, 0.15) is 86.1 Å². The molecule has 1 aromatic heterocycles. The number of rotatable bonds is 14. The molecule has 2 N–H and O–H groups in total. The molecule has 1 saturated carbocycles. The van der Waals surface area contributed by atoms with E-state index in [0.29, 0.717) is 46.2 Å². The highest BCUT2D eigenvalue weighted by atomic mass is 35.5. The summed E-state index contributed by atoms with van der Waals surface area (Å²) in [6.45, 7) is 13.5. The maximum absolute atomic E-state index is 13.4. The number of carbonyl (C=O) groups is 4. The van der Waals surface area contributed by atoms with E-state index in [-0.39, 0.29) is 47.1 Å². The zero-order chi connectivity index (χ0) is 40.9. The first kappa shape index (κ1) is 41.4. The first-order valence-electron chi connectivity index (χ1n) is 19.6. The summed E-state index contributed by atoms with van der Waals surface area (Å²) >= 11 is 6.24. The molecule has 1 atom stereocenters. The summed E-state index contributed by atoms with van der Waals surface area (Å²) < 4.78 is 12.3. The predicted octanol–water partition coefficient (Wildman–Crippen LogP) is 5.47. The Morgan fingerprint density at radius 1 is 0.965 bits per heavy atom. The molecule has 14 heteroatoms. The third kappa shape index (κ3) is 9.35. The van der Waals surface area contributed by atoms with Crippen molar-refractivity contribution in [2.45, 2.75) is 78.0 Å². The topological polar surface area (TPSA) is 157 Å². The summed E-state index contributed by atoms with van der Waals surface area (Å²) in [6, 6.07) is 17.0. The van der Waals surface area contributed by atoms with Crippen molar-refractivity contribution in [3.05, 3.63) is 82.5 Å². The minimum Gasteiger partial charge on any atom is -0.494 e. The quantitative estimate of drug-likeness (QED) is 0.159. The largest absolute Gasteiger partial charge is 0.494 e. The number of piperazine rings is 1. The van der Waals surface area contributed by atoms with Crippen LogP contribution in [0.5, 0.6) is 11.5 Å². The minimum atomic E-state index is -0.660. The van der Waals surface area contributed by atoms with Crippen LogP contribution in [-0.2, 0) is 9.59 Å². The molecular weight excluding hydrogens is 746 g/mol. The van der Waals surface area contributed by atoms with Crippen molar-refractivity contribution in [3.63, 3.8) is 0 Å². The highest BCUT2D eigenvalue weighted by Gasteiger charge is 2.64. The van der Waals surface area contributed by atoms with Crippen molar-refractivity contribution in [1.29, 1.82) is 5.26 Å². The van der Waals surface area contributed by atoms with Crippen molar-refractivity contribution in [2.24, 2.45) is 10.8 Å². The first-order valence-corrected chi connectivity index (χ1v) is 20.0. The fraction of sp³-hybridized carbons (Fsp3) is 0.488. The third-order valence-electron chi connectivity index (χ3n) is 11.6. The van der Waals surface area contributed by atoms with Crippen molar-refractivity contribution < 1.29 is 28.7 Å². The number of aromatic nitrogens is 1. The van der Waals surface area contributed by atoms with E-state index < -0.39 is 11.9 Å². The molecular formula is C43H52ClN7O6. The van der Waals surface area contributed by atoms with Gasteiger partial charge in [0.1, 0.15) is 35.5 Å². The Kier molecular flexibility index (Phi) is 12.7. The van der Waals surface area contributed by atoms with Gasteiger partial charge < -0.3 is 24.6 Å². The van der Waals surface area contributed by atoms with E-state index in [1.807, 2.05) is 12.1 Å². The van der Waals surface area contributed by atoms with Crippen molar-refractivity contribution in [1.82, 2.24) is 25.4 Å². The molecule has 57 heavy (non-hydrogen) atoms. The van der Waals surface area contributed by atoms with E-state index in [1.54, 1.807) is 55.7 Å². The molecule has 1 unspecified atom stereocenters. The van der Waals surface area contributed by atoms with E-state index in [4.69, 9.17) is 21.1 Å². The number of anilines is 1. The number of unbranched alkanes of at least 4 members (excludes halogenated alkanes) is 2. The second-order valence-electron chi connectivity index (χ2n) is 16.4. The van der Waals surface area contributed by atoms with Crippen molar-refractivity contribution >= 4 is 41.0 Å². The smallest absolute Gasteiger partial charge is 0.254 e. The van der Waals surface area contributed by atoms with Gasteiger partial charge >= 0.3 is 0 Å². The van der Waals surface area contributed by atoms with Crippen LogP contribution in [-0.4, -0.2) is 103 Å². The van der Waals surface area contributed by atoms with E-state index in [9.17, 15) is 24.4 Å². The zero-order valence-electron chi connectivity index (χ0n) is 33.3. The number of nitrogens with zero attached hydrogens (tertiary/aromatic N) is 5. The van der Waals surface area contributed by atoms with Crippen LogP contribution in [0.2, 0.25) is 5.02 Å². The Hall–Kier alpha value is -5.19. The lowest BCUT2D eigenvalue weighted by atomic mass is 9.49. The summed E-state index contributed by atoms with van der Waals surface area (Å²) in [5.41, 5.74) is 0.642. The van der Waals surface area contributed by atoms with Gasteiger partial charge in [0, 0.05) is 74.3 Å². The standard InChI is InChI=1S/C43H52ClN7O6/c1-42(2)40(43(3,4)41(42)57-32-15-11-29(26-45)33(44)25-32)48-37(53)30-12-17-35(46-27-30)51-22-20-50(21-23-51)19-7-6-8-24-56-31-13-9-28(10-14-31)39(55)49(5)34-16-18-36(52)47-38(34)54/h9-15,17,25,27,34,40-41H,6-8,16,18-24H2,1-5H3,(H,48,53)(H,47,52,54). The fourth-order valence-corrected chi connectivity index (χ4v) is 8.83. The minimum absolute atomic E-state index is 0.143. The van der Waals surface area contributed by atoms with E-state index in [1.165, 1.54) is 4.90 Å². The molecule has 13 nitrogen and oxygen atoms in total. The highest BCUT2D eigenvalue weighted by Crippen LogP contribution is 2.55. The number of hydrogen-bond donors (Lipinski definition) is 2. The molecule has 1 aliphatic carbocycles. The van der Waals surface area contributed by atoms with E-state index in [0.717, 1.165) is 57.8 Å². The molecule has 4 amide bonds. The molecule has 3 fully saturated rings. The van der Waals surface area contributed by atoms with Crippen LogP contribution in [0, 0.1) is 22.2 Å². The number of imide groups is 1. The number of halogens is 1. The number of nitriles is 1. The van der Waals surface area contributed by atoms with Crippen molar-refractivity contribution in [3.8, 4) is 17.6 Å². The average molecular weight is 798 g/mol. The van der Waals surface area contributed by atoms with Crippen LogP contribution in [0.3, 0.4) is 0 Å². The van der Waals surface area contributed by atoms with Crippen LogP contribution in [0.15, 0.2) is 60.8 Å². The van der Waals surface area contributed by atoms with Crippen LogP contribution >= 0.6 is 11.6 Å². The Labute approximate surface area is 339 Å². The maximum Gasteiger partial charge on any atom is 0.254 e. The van der Waals surface area contributed by atoms with E-state index >= 15 is 0 Å². The van der Waals surface area contributed by atoms with Crippen LogP contribution in [0.4, 0.5) is 5.82 Å². The molecule has 302 valence electrons. The van der Waals surface area contributed by atoms with E-state index in [2.05, 4.69) is 59.2 Å². The molecule has 6 rings (SSSR count). The summed E-state index contributed by atoms with van der Waals surface area (Å²) in [5, 5.41) is 15.1. The summed E-state index contributed by atoms with van der Waals surface area (Å²) in [6.07, 6.45) is 5.02. The number of hydrogen-bond acceptors (Lipinski definition) is 10. The van der Waals surface area contributed by atoms with Gasteiger partial charge in [-0.1, -0.05) is 39.3 Å². The molecule has 0 bridgehead atoms. The third-order valence-corrected chi connectivity index (χ3v) is 11.9. The van der Waals surface area contributed by atoms with Crippen molar-refractivity contribution in [2.75, 3.05) is 51.3 Å². The van der Waals surface area contributed by atoms with Gasteiger partial charge in [-0.3, -0.25) is 29.4 Å². The fourth-order valence-electron chi connectivity index (χ4n) is 8.61. The number of carbonyl (C=O) groups excluding carboxylic acids is 4. The summed E-state index contributed by atoms with van der Waals surface area (Å²) in [5.74, 6) is 0.940. The lowest BCUT2D eigenvalue weighted by Crippen LogP contribution is -2.74. The molecule has 2 aromatic carbocycles. The number of amides is 4. The second kappa shape index (κ2) is 17.5. The number of ether oxygens (including phenoxy) is 2. The lowest BCUT2D eigenvalue weighted by molar-refractivity contribution is -0.164. The van der Waals surface area contributed by atoms with Gasteiger partial charge in [0.25, 0.3) is 11.8 Å². The lowest BCUT2D eigenvalue weighted by Gasteiger charge is -2.63. The van der Waals surface area contributed by atoms with Gasteiger partial charge in [-0.05, 0) is 80.8 Å². The summed E-state index contributed by atoms with van der Waals surface area (Å²) in [7, 11) is 1.58. The number of likely N-dealkylation sites (N-methyl/N-ethyl adjacent to an activating group) is 1. The molecule has 0 radical (unpaired) electrons. The average Bonchev–Trinajstić information content (AvgIpc) is 3.20. The van der Waals surface area contributed by atoms with Gasteiger partial charge in [-0.15, -0.1) is 0 Å². The Bertz CT molecular complexity index is 1970. The van der Waals surface area contributed by atoms with Gasteiger partial charge in [0.05, 0.1) is 22.8 Å². The number of nitrogens with one attached hydrogen (secondary N) is 2. The Balaban J connectivity index is 0.870. The first-order chi connectivity index (χ1) is 27.2. The monoisotopic (exact) mass is 797 g/mol. The van der Waals surface area contributed by atoms with Gasteiger partial charge in [0.2, 0.25) is 11.8 Å². The Morgan fingerprint density at radius 3 is 2.28 bits per heavy atom. The number of pyridine rings is 1. The molecule has 0 spiro atoms. The Morgan fingerprint density at radius 2 is 1.65 bits per heavy atom. The summed E-state index contributed by atoms with van der Waals surface area (Å²) in [4.78, 5) is 60.6. The van der Waals surface area contributed by atoms with Gasteiger partial charge in [0.15, 0.2) is 0 Å². The predicted molar refractivity (Wildman–Crippen MR) is 216 cm³/mol. The molecule has 2 saturated heterocycles. The molecule has 3 heterocycles. The normalized spacial score (nSPS) is 21.4. The van der Waals surface area contributed by atoms with Crippen LogP contribution < -0.4 is 25.0 Å². The van der Waals surface area contributed by atoms with Crippen LogP contribution in [0.25, 0.3) is 0 Å².